The average Bonchev–Trinajstić information content (AvgIpc) is 2.77. The number of piperazine rings is 1. The van der Waals surface area contributed by atoms with E-state index in [4.69, 9.17) is 0 Å². The lowest BCUT2D eigenvalue weighted by Gasteiger charge is -2.34. The molecular weight excluding hydrogens is 368 g/mol. The molecule has 0 saturated carbocycles. The van der Waals surface area contributed by atoms with Crippen LogP contribution in [0.2, 0.25) is 0 Å². The average molecular weight is 393 g/mol. The van der Waals surface area contributed by atoms with Crippen LogP contribution < -0.4 is 4.90 Å². The van der Waals surface area contributed by atoms with Gasteiger partial charge in [-0.2, -0.15) is 0 Å². The fourth-order valence-corrected chi connectivity index (χ4v) is 4.45. The highest BCUT2D eigenvalue weighted by Gasteiger charge is 2.19. The first kappa shape index (κ1) is 18.9. The first-order valence-corrected chi connectivity index (χ1v) is 10.3. The predicted molar refractivity (Wildman–Crippen MR) is 112 cm³/mol. The summed E-state index contributed by atoms with van der Waals surface area (Å²) in [4.78, 5) is 15.8. The van der Waals surface area contributed by atoms with Crippen LogP contribution in [0.25, 0.3) is 0 Å². The van der Waals surface area contributed by atoms with E-state index in [1.807, 2.05) is 24.3 Å². The molecule has 1 saturated heterocycles. The molecule has 0 bridgehead atoms. The van der Waals surface area contributed by atoms with E-state index in [2.05, 4.69) is 50.1 Å². The van der Waals surface area contributed by atoms with Gasteiger partial charge in [-0.25, -0.2) is 9.97 Å². The zero-order chi connectivity index (χ0) is 19.2. The summed E-state index contributed by atoms with van der Waals surface area (Å²) in [6.45, 7) is 4.84. The van der Waals surface area contributed by atoms with Crippen molar-refractivity contribution in [1.29, 1.82) is 0 Å². The molecule has 0 radical (unpaired) electrons. The van der Waals surface area contributed by atoms with Gasteiger partial charge in [0.05, 0.1) is 6.61 Å². The highest BCUT2D eigenvalue weighted by molar-refractivity contribution is 7.99. The van der Waals surface area contributed by atoms with Crippen LogP contribution in [0.4, 0.5) is 5.95 Å². The van der Waals surface area contributed by atoms with Gasteiger partial charge in [0.15, 0.2) is 0 Å². The van der Waals surface area contributed by atoms with Gasteiger partial charge in [-0.05, 0) is 29.3 Å². The molecule has 0 spiro atoms. The number of anilines is 1. The molecule has 28 heavy (non-hydrogen) atoms. The summed E-state index contributed by atoms with van der Waals surface area (Å²) in [6.07, 6.45) is 3.60. The number of hydrogen-bond donors (Lipinski definition) is 1. The summed E-state index contributed by atoms with van der Waals surface area (Å²) in [5.74, 6) is 0.818. The number of rotatable bonds is 6. The van der Waals surface area contributed by atoms with E-state index < -0.39 is 0 Å². The van der Waals surface area contributed by atoms with E-state index in [-0.39, 0.29) is 6.61 Å². The summed E-state index contributed by atoms with van der Waals surface area (Å²) in [5, 5.41) is 9.61. The summed E-state index contributed by atoms with van der Waals surface area (Å²) in [5.41, 5.74) is 2.29. The lowest BCUT2D eigenvalue weighted by molar-refractivity contribution is 0.247. The van der Waals surface area contributed by atoms with Crippen molar-refractivity contribution in [2.45, 2.75) is 22.9 Å². The minimum Gasteiger partial charge on any atom is -0.392 e. The lowest BCUT2D eigenvalue weighted by Crippen LogP contribution is -2.46. The zero-order valence-electron chi connectivity index (χ0n) is 15.7. The first-order chi connectivity index (χ1) is 13.8. The number of aromatic nitrogens is 2. The molecule has 1 aromatic heterocycles. The first-order valence-electron chi connectivity index (χ1n) is 9.52. The molecule has 5 nitrogen and oxygen atoms in total. The Labute approximate surface area is 170 Å². The maximum absolute atomic E-state index is 9.61. The largest absolute Gasteiger partial charge is 0.392 e. The monoisotopic (exact) mass is 392 g/mol. The molecule has 1 N–H and O–H groups in total. The SMILES string of the molecule is OCc1ccccc1Sc1ccccc1CN1CCN(c2ncccn2)CC1. The van der Waals surface area contributed by atoms with E-state index in [1.165, 1.54) is 10.5 Å². The Bertz CT molecular complexity index is 898. The van der Waals surface area contributed by atoms with Crippen LogP contribution in [-0.2, 0) is 13.2 Å². The van der Waals surface area contributed by atoms with Crippen LogP contribution in [0.15, 0.2) is 76.8 Å². The molecule has 1 aliphatic rings. The van der Waals surface area contributed by atoms with Crippen molar-refractivity contribution in [2.24, 2.45) is 0 Å². The predicted octanol–water partition coefficient (Wildman–Crippen LogP) is 3.44. The second kappa shape index (κ2) is 9.19. The summed E-state index contributed by atoms with van der Waals surface area (Å²) < 4.78 is 0. The molecule has 0 atom stereocenters. The Kier molecular flexibility index (Phi) is 6.21. The van der Waals surface area contributed by atoms with Crippen molar-refractivity contribution in [3.8, 4) is 0 Å². The maximum atomic E-state index is 9.61. The molecule has 2 aromatic carbocycles. The zero-order valence-corrected chi connectivity index (χ0v) is 16.6. The summed E-state index contributed by atoms with van der Waals surface area (Å²) >= 11 is 1.73. The molecular formula is C22H24N4OS. The van der Waals surface area contributed by atoms with Crippen LogP contribution in [0.5, 0.6) is 0 Å². The van der Waals surface area contributed by atoms with Crippen molar-refractivity contribution >= 4 is 17.7 Å². The topological polar surface area (TPSA) is 52.5 Å². The molecule has 1 aliphatic heterocycles. The van der Waals surface area contributed by atoms with Gasteiger partial charge in [-0.15, -0.1) is 0 Å². The highest BCUT2D eigenvalue weighted by atomic mass is 32.2. The van der Waals surface area contributed by atoms with E-state index in [1.54, 1.807) is 24.2 Å². The van der Waals surface area contributed by atoms with Gasteiger partial charge >= 0.3 is 0 Å². The standard InChI is InChI=1S/C22H24N4OS/c27-17-19-7-2-4-9-21(19)28-20-8-3-1-6-18(20)16-25-12-14-26(15-13-25)22-23-10-5-11-24-22/h1-11,27H,12-17H2. The van der Waals surface area contributed by atoms with Gasteiger partial charge in [0.2, 0.25) is 5.95 Å². The third-order valence-electron chi connectivity index (χ3n) is 4.94. The minimum absolute atomic E-state index is 0.0643. The number of aliphatic hydroxyl groups excluding tert-OH is 1. The molecule has 3 aromatic rings. The van der Waals surface area contributed by atoms with Crippen molar-refractivity contribution in [1.82, 2.24) is 14.9 Å². The Hall–Kier alpha value is -2.41. The summed E-state index contributed by atoms with van der Waals surface area (Å²) in [6, 6.07) is 18.5. The molecule has 4 rings (SSSR count). The van der Waals surface area contributed by atoms with Gasteiger partial charge < -0.3 is 10.0 Å². The van der Waals surface area contributed by atoms with Crippen molar-refractivity contribution in [2.75, 3.05) is 31.1 Å². The molecule has 0 aliphatic carbocycles. The van der Waals surface area contributed by atoms with E-state index in [0.717, 1.165) is 49.1 Å². The number of nitrogens with zero attached hydrogens (tertiary/aromatic N) is 4. The highest BCUT2D eigenvalue weighted by Crippen LogP contribution is 2.33. The van der Waals surface area contributed by atoms with Crippen LogP contribution >= 0.6 is 11.8 Å². The van der Waals surface area contributed by atoms with Gasteiger partial charge in [0.1, 0.15) is 0 Å². The smallest absolute Gasteiger partial charge is 0.225 e. The van der Waals surface area contributed by atoms with E-state index >= 15 is 0 Å². The molecule has 1 fully saturated rings. The molecule has 6 heteroatoms. The minimum atomic E-state index is 0.0643. The van der Waals surface area contributed by atoms with Gasteiger partial charge in [0, 0.05) is 54.9 Å². The molecule has 0 amide bonds. The number of hydrogen-bond acceptors (Lipinski definition) is 6. The van der Waals surface area contributed by atoms with Crippen LogP contribution in [0.3, 0.4) is 0 Å². The van der Waals surface area contributed by atoms with Crippen LogP contribution in [0.1, 0.15) is 11.1 Å². The fraction of sp³-hybridized carbons (Fsp3) is 0.273. The van der Waals surface area contributed by atoms with Gasteiger partial charge in [0.25, 0.3) is 0 Å². The number of benzene rings is 2. The Morgan fingerprint density at radius 3 is 2.07 bits per heavy atom. The van der Waals surface area contributed by atoms with E-state index in [0.29, 0.717) is 0 Å². The number of aliphatic hydroxyl groups is 1. The van der Waals surface area contributed by atoms with Gasteiger partial charge in [-0.3, -0.25) is 4.90 Å². The Morgan fingerprint density at radius 2 is 1.39 bits per heavy atom. The Balaban J connectivity index is 1.42. The fourth-order valence-electron chi connectivity index (χ4n) is 3.39. The maximum Gasteiger partial charge on any atom is 0.225 e. The normalized spacial score (nSPS) is 15.0. The van der Waals surface area contributed by atoms with Crippen LogP contribution in [0, 0.1) is 0 Å². The molecule has 0 unspecified atom stereocenters. The Morgan fingerprint density at radius 1 is 0.786 bits per heavy atom. The quantitative estimate of drug-likeness (QED) is 0.694. The third kappa shape index (κ3) is 4.52. The summed E-state index contributed by atoms with van der Waals surface area (Å²) in [7, 11) is 0. The second-order valence-electron chi connectivity index (χ2n) is 6.79. The third-order valence-corrected chi connectivity index (χ3v) is 6.17. The lowest BCUT2D eigenvalue weighted by atomic mass is 10.2. The van der Waals surface area contributed by atoms with Crippen molar-refractivity contribution in [3.05, 3.63) is 78.1 Å². The second-order valence-corrected chi connectivity index (χ2v) is 7.87. The molecule has 144 valence electrons. The van der Waals surface area contributed by atoms with Crippen molar-refractivity contribution < 1.29 is 5.11 Å². The van der Waals surface area contributed by atoms with E-state index in [9.17, 15) is 5.11 Å². The van der Waals surface area contributed by atoms with Crippen LogP contribution in [-0.4, -0.2) is 46.2 Å². The molecule has 2 heterocycles. The van der Waals surface area contributed by atoms with Crippen molar-refractivity contribution in [3.63, 3.8) is 0 Å². The van der Waals surface area contributed by atoms with Gasteiger partial charge in [-0.1, -0.05) is 48.2 Å².